The number of nitrogens with zero attached hydrogens (tertiary/aromatic N) is 1. The molecule has 1 aromatic carbocycles. The summed E-state index contributed by atoms with van der Waals surface area (Å²) >= 11 is 0. The molecule has 0 unspecified atom stereocenters. The highest BCUT2D eigenvalue weighted by atomic mass is 19.1. The standard InChI is InChI=1S/C16H20FNO6/c1-11(2)9-23-15(19)4-3-5-16(20)24-10-12-8-13(18(21)22)6-7-14(12)17/h6-8,11H,3-5,9-10H2,1-2H3. The van der Waals surface area contributed by atoms with Crippen LogP contribution >= 0.6 is 0 Å². The van der Waals surface area contributed by atoms with Gasteiger partial charge < -0.3 is 9.47 Å². The third-order valence-electron chi connectivity index (χ3n) is 2.97. The molecule has 0 aliphatic heterocycles. The number of nitro benzene ring substituents is 1. The van der Waals surface area contributed by atoms with Gasteiger partial charge in [-0.05, 0) is 18.4 Å². The summed E-state index contributed by atoms with van der Waals surface area (Å²) in [4.78, 5) is 32.9. The molecule has 0 radical (unpaired) electrons. The maximum Gasteiger partial charge on any atom is 0.306 e. The maximum absolute atomic E-state index is 13.5. The zero-order valence-electron chi connectivity index (χ0n) is 13.6. The fraction of sp³-hybridized carbons (Fsp3) is 0.500. The van der Waals surface area contributed by atoms with Gasteiger partial charge in [-0.1, -0.05) is 13.8 Å². The minimum atomic E-state index is -0.689. The summed E-state index contributed by atoms with van der Waals surface area (Å²) in [7, 11) is 0. The lowest BCUT2D eigenvalue weighted by molar-refractivity contribution is -0.385. The van der Waals surface area contributed by atoms with E-state index in [9.17, 15) is 24.1 Å². The Morgan fingerprint density at radius 2 is 1.83 bits per heavy atom. The number of nitro groups is 1. The molecule has 0 heterocycles. The number of ether oxygens (including phenoxy) is 2. The van der Waals surface area contributed by atoms with E-state index in [0.29, 0.717) is 6.61 Å². The van der Waals surface area contributed by atoms with Crippen LogP contribution in [0, 0.1) is 21.8 Å². The van der Waals surface area contributed by atoms with Crippen LogP contribution in [-0.4, -0.2) is 23.5 Å². The van der Waals surface area contributed by atoms with E-state index in [1.54, 1.807) is 0 Å². The number of rotatable bonds is 9. The number of halogens is 1. The summed E-state index contributed by atoms with van der Waals surface area (Å²) in [5, 5.41) is 10.6. The van der Waals surface area contributed by atoms with Crippen molar-refractivity contribution in [3.8, 4) is 0 Å². The van der Waals surface area contributed by atoms with Gasteiger partial charge in [-0.2, -0.15) is 0 Å². The van der Waals surface area contributed by atoms with E-state index in [1.165, 1.54) is 0 Å². The van der Waals surface area contributed by atoms with E-state index < -0.39 is 23.3 Å². The highest BCUT2D eigenvalue weighted by Crippen LogP contribution is 2.17. The van der Waals surface area contributed by atoms with Gasteiger partial charge in [0.15, 0.2) is 0 Å². The Kier molecular flexibility index (Phi) is 7.81. The molecule has 8 heteroatoms. The molecule has 0 amide bonds. The first-order chi connectivity index (χ1) is 11.3. The Bertz CT molecular complexity index is 602. The molecule has 1 rings (SSSR count). The maximum atomic E-state index is 13.5. The largest absolute Gasteiger partial charge is 0.465 e. The number of benzene rings is 1. The van der Waals surface area contributed by atoms with Crippen molar-refractivity contribution < 1.29 is 28.4 Å². The third kappa shape index (κ3) is 7.17. The van der Waals surface area contributed by atoms with Gasteiger partial charge in [-0.15, -0.1) is 0 Å². The van der Waals surface area contributed by atoms with E-state index in [0.717, 1.165) is 18.2 Å². The fourth-order valence-corrected chi connectivity index (χ4v) is 1.72. The van der Waals surface area contributed by atoms with Crippen LogP contribution in [0.4, 0.5) is 10.1 Å². The average Bonchev–Trinajstić information content (AvgIpc) is 2.51. The van der Waals surface area contributed by atoms with Crippen LogP contribution in [0.5, 0.6) is 0 Å². The predicted octanol–water partition coefficient (Wildman–Crippen LogP) is 3.15. The molecule has 7 nitrogen and oxygen atoms in total. The minimum absolute atomic E-state index is 0.0205. The number of hydrogen-bond donors (Lipinski definition) is 0. The van der Waals surface area contributed by atoms with E-state index >= 15 is 0 Å². The van der Waals surface area contributed by atoms with Crippen LogP contribution in [-0.2, 0) is 25.7 Å². The van der Waals surface area contributed by atoms with Gasteiger partial charge >= 0.3 is 11.9 Å². The van der Waals surface area contributed by atoms with Crippen molar-refractivity contribution in [1.29, 1.82) is 0 Å². The SMILES string of the molecule is CC(C)COC(=O)CCCC(=O)OCc1cc([N+](=O)[O-])ccc1F. The third-order valence-corrected chi connectivity index (χ3v) is 2.97. The average molecular weight is 341 g/mol. The minimum Gasteiger partial charge on any atom is -0.465 e. The monoisotopic (exact) mass is 341 g/mol. The molecule has 0 spiro atoms. The molecule has 132 valence electrons. The molecule has 0 saturated carbocycles. The van der Waals surface area contributed by atoms with Gasteiger partial charge in [0.1, 0.15) is 12.4 Å². The van der Waals surface area contributed by atoms with E-state index in [4.69, 9.17) is 9.47 Å². The Morgan fingerprint density at radius 1 is 1.21 bits per heavy atom. The van der Waals surface area contributed by atoms with Crippen molar-refractivity contribution in [2.45, 2.75) is 39.7 Å². The second-order valence-electron chi connectivity index (χ2n) is 5.62. The van der Waals surface area contributed by atoms with Crippen molar-refractivity contribution in [3.63, 3.8) is 0 Å². The zero-order valence-corrected chi connectivity index (χ0v) is 13.6. The first-order valence-electron chi connectivity index (χ1n) is 7.53. The van der Waals surface area contributed by atoms with Crippen molar-refractivity contribution in [3.05, 3.63) is 39.7 Å². The Morgan fingerprint density at radius 3 is 2.42 bits per heavy atom. The fourth-order valence-electron chi connectivity index (χ4n) is 1.72. The van der Waals surface area contributed by atoms with E-state index in [-0.39, 0.29) is 42.4 Å². The van der Waals surface area contributed by atoms with Crippen LogP contribution in [0.3, 0.4) is 0 Å². The quantitative estimate of drug-likeness (QED) is 0.389. The van der Waals surface area contributed by atoms with Crippen molar-refractivity contribution in [2.24, 2.45) is 5.92 Å². The van der Waals surface area contributed by atoms with Gasteiger partial charge in [-0.25, -0.2) is 4.39 Å². The molecule has 0 N–H and O–H groups in total. The highest BCUT2D eigenvalue weighted by Gasteiger charge is 2.13. The van der Waals surface area contributed by atoms with Gasteiger partial charge in [-0.3, -0.25) is 19.7 Å². The predicted molar refractivity (Wildman–Crippen MR) is 82.5 cm³/mol. The lowest BCUT2D eigenvalue weighted by Gasteiger charge is -2.07. The summed E-state index contributed by atoms with van der Waals surface area (Å²) in [6.45, 7) is 3.76. The molecule has 0 aliphatic rings. The molecular formula is C16H20FNO6. The molecule has 0 fully saturated rings. The number of carbonyl (C=O) groups is 2. The first kappa shape index (κ1) is 19.5. The van der Waals surface area contributed by atoms with Crippen LogP contribution in [0.25, 0.3) is 0 Å². The number of carbonyl (C=O) groups excluding carboxylic acids is 2. The van der Waals surface area contributed by atoms with E-state index in [1.807, 2.05) is 13.8 Å². The summed E-state index contributed by atoms with van der Waals surface area (Å²) in [6, 6.07) is 3.00. The highest BCUT2D eigenvalue weighted by molar-refractivity contribution is 5.72. The topological polar surface area (TPSA) is 95.7 Å². The molecule has 1 aromatic rings. The number of hydrogen-bond acceptors (Lipinski definition) is 6. The number of esters is 2. The van der Waals surface area contributed by atoms with Crippen molar-refractivity contribution in [1.82, 2.24) is 0 Å². The molecule has 0 bridgehead atoms. The van der Waals surface area contributed by atoms with Crippen molar-refractivity contribution >= 4 is 17.6 Å². The summed E-state index contributed by atoms with van der Waals surface area (Å²) in [5.41, 5.74) is -0.357. The summed E-state index contributed by atoms with van der Waals surface area (Å²) in [6.07, 6.45) is 0.327. The summed E-state index contributed by atoms with van der Waals surface area (Å²) < 4.78 is 23.3. The van der Waals surface area contributed by atoms with Crippen LogP contribution in [0.1, 0.15) is 38.7 Å². The molecule has 0 atom stereocenters. The summed E-state index contributed by atoms with van der Waals surface area (Å²) in [5.74, 6) is -1.45. The Labute approximate surface area is 138 Å². The van der Waals surface area contributed by atoms with Gasteiger partial charge in [0, 0.05) is 30.5 Å². The van der Waals surface area contributed by atoms with Gasteiger partial charge in [0.05, 0.1) is 11.5 Å². The molecule has 0 aromatic heterocycles. The molecular weight excluding hydrogens is 321 g/mol. The van der Waals surface area contributed by atoms with Crippen LogP contribution in [0.15, 0.2) is 18.2 Å². The Hall–Kier alpha value is -2.51. The lowest BCUT2D eigenvalue weighted by Crippen LogP contribution is -2.11. The smallest absolute Gasteiger partial charge is 0.306 e. The normalized spacial score (nSPS) is 10.5. The number of non-ortho nitro benzene ring substituents is 1. The second kappa shape index (κ2) is 9.59. The molecule has 0 saturated heterocycles. The van der Waals surface area contributed by atoms with Gasteiger partial charge in [0.2, 0.25) is 0 Å². The zero-order chi connectivity index (χ0) is 18.1. The van der Waals surface area contributed by atoms with Crippen LogP contribution < -0.4 is 0 Å². The van der Waals surface area contributed by atoms with Gasteiger partial charge in [0.25, 0.3) is 5.69 Å². The Balaban J connectivity index is 2.35. The van der Waals surface area contributed by atoms with Crippen molar-refractivity contribution in [2.75, 3.05) is 6.61 Å². The lowest BCUT2D eigenvalue weighted by atomic mass is 10.2. The first-order valence-corrected chi connectivity index (χ1v) is 7.53. The second-order valence-corrected chi connectivity index (χ2v) is 5.62. The molecule has 0 aliphatic carbocycles. The van der Waals surface area contributed by atoms with Crippen LogP contribution in [0.2, 0.25) is 0 Å². The van der Waals surface area contributed by atoms with E-state index in [2.05, 4.69) is 0 Å². The molecule has 24 heavy (non-hydrogen) atoms.